The first kappa shape index (κ1) is 20.1. The molecule has 9 heteroatoms. The predicted molar refractivity (Wildman–Crippen MR) is 108 cm³/mol. The van der Waals surface area contributed by atoms with Crippen molar-refractivity contribution in [3.05, 3.63) is 64.7 Å². The molecule has 0 radical (unpaired) electrons. The first-order valence-electron chi connectivity index (χ1n) is 8.93. The third kappa shape index (κ3) is 4.59. The van der Waals surface area contributed by atoms with Gasteiger partial charge in [0.15, 0.2) is 5.65 Å². The van der Waals surface area contributed by atoms with Gasteiger partial charge in [-0.2, -0.15) is 0 Å². The Balaban J connectivity index is 0.00000225. The van der Waals surface area contributed by atoms with Gasteiger partial charge >= 0.3 is 5.69 Å². The number of anilines is 1. The summed E-state index contributed by atoms with van der Waals surface area (Å²) < 4.78 is 8.29. The Hall–Kier alpha value is -2.68. The van der Waals surface area contributed by atoms with E-state index in [1.54, 1.807) is 18.3 Å². The molecular weight excluding hydrogens is 382 g/mol. The quantitative estimate of drug-likeness (QED) is 0.670. The van der Waals surface area contributed by atoms with E-state index in [1.807, 2.05) is 30.3 Å². The number of hydrogen-bond acceptors (Lipinski definition) is 5. The maximum Gasteiger partial charge on any atom is 0.350 e. The highest BCUT2D eigenvalue weighted by Crippen LogP contribution is 2.12. The predicted octanol–water partition coefficient (Wildman–Crippen LogP) is 1.28. The van der Waals surface area contributed by atoms with E-state index in [1.165, 1.54) is 9.08 Å². The number of carbonyl (C=O) groups excluding carboxylic acids is 1. The van der Waals surface area contributed by atoms with Crippen LogP contribution in [0.15, 0.2) is 53.5 Å². The minimum atomic E-state index is -0.191. The lowest BCUT2D eigenvalue weighted by Crippen LogP contribution is -2.43. The number of nitrogens with one attached hydrogen (secondary N) is 2. The number of morpholine rings is 1. The van der Waals surface area contributed by atoms with Gasteiger partial charge in [-0.1, -0.05) is 18.2 Å². The summed E-state index contributed by atoms with van der Waals surface area (Å²) in [7, 11) is 0. The zero-order chi connectivity index (χ0) is 18.6. The number of halogens is 1. The molecule has 1 fully saturated rings. The third-order valence-corrected chi connectivity index (χ3v) is 4.46. The highest BCUT2D eigenvalue weighted by molar-refractivity contribution is 5.91. The van der Waals surface area contributed by atoms with Crippen LogP contribution in [0.2, 0.25) is 0 Å². The van der Waals surface area contributed by atoms with Gasteiger partial charge in [0.1, 0.15) is 0 Å². The van der Waals surface area contributed by atoms with Crippen molar-refractivity contribution in [2.45, 2.75) is 19.0 Å². The Bertz CT molecular complexity index is 1010. The molecule has 1 aliphatic heterocycles. The van der Waals surface area contributed by atoms with E-state index in [-0.39, 0.29) is 30.0 Å². The monoisotopic (exact) mass is 403 g/mol. The lowest BCUT2D eigenvalue weighted by atomic mass is 10.1. The number of nitrogens with zero attached hydrogens (tertiary/aromatic N) is 3. The molecule has 1 aliphatic rings. The number of hydrogen-bond donors (Lipinski definition) is 2. The van der Waals surface area contributed by atoms with Crippen molar-refractivity contribution in [3.63, 3.8) is 0 Å². The highest BCUT2D eigenvalue weighted by Gasteiger charge is 2.17. The van der Waals surface area contributed by atoms with Gasteiger partial charge in [-0.25, -0.2) is 9.48 Å². The van der Waals surface area contributed by atoms with E-state index in [0.29, 0.717) is 37.5 Å². The zero-order valence-corrected chi connectivity index (χ0v) is 16.0. The second-order valence-corrected chi connectivity index (χ2v) is 6.55. The van der Waals surface area contributed by atoms with Crippen LogP contribution in [0.4, 0.5) is 5.69 Å². The fraction of sp³-hybridized carbons (Fsp3) is 0.316. The van der Waals surface area contributed by atoms with Crippen LogP contribution in [-0.2, 0) is 16.1 Å². The molecule has 1 atom stereocenters. The molecule has 1 aromatic carbocycles. The molecule has 1 unspecified atom stereocenters. The maximum absolute atomic E-state index is 12.4. The molecule has 0 saturated carbocycles. The Kier molecular flexibility index (Phi) is 6.45. The Morgan fingerprint density at radius 2 is 2.18 bits per heavy atom. The summed E-state index contributed by atoms with van der Waals surface area (Å²) in [5, 5.41) is 10.5. The van der Waals surface area contributed by atoms with Crippen LogP contribution < -0.4 is 16.3 Å². The number of pyridine rings is 1. The van der Waals surface area contributed by atoms with Crippen LogP contribution in [0.25, 0.3) is 5.65 Å². The summed E-state index contributed by atoms with van der Waals surface area (Å²) in [4.78, 5) is 24.6. The summed E-state index contributed by atoms with van der Waals surface area (Å²) in [6.45, 7) is 2.33. The average molecular weight is 404 g/mol. The molecule has 0 spiro atoms. The average Bonchev–Trinajstić information content (AvgIpc) is 2.99. The van der Waals surface area contributed by atoms with Crippen molar-refractivity contribution >= 4 is 29.6 Å². The van der Waals surface area contributed by atoms with E-state index >= 15 is 0 Å². The van der Waals surface area contributed by atoms with Crippen molar-refractivity contribution < 1.29 is 9.53 Å². The third-order valence-electron chi connectivity index (χ3n) is 4.46. The summed E-state index contributed by atoms with van der Waals surface area (Å²) in [5.74, 6) is -0.0694. The van der Waals surface area contributed by atoms with Gasteiger partial charge < -0.3 is 15.4 Å². The van der Waals surface area contributed by atoms with Crippen LogP contribution in [0.5, 0.6) is 0 Å². The van der Waals surface area contributed by atoms with Crippen LogP contribution in [-0.4, -0.2) is 45.9 Å². The van der Waals surface area contributed by atoms with E-state index in [4.69, 9.17) is 4.74 Å². The Morgan fingerprint density at radius 1 is 1.29 bits per heavy atom. The summed E-state index contributed by atoms with van der Waals surface area (Å²) in [5.41, 5.74) is 2.00. The van der Waals surface area contributed by atoms with Gasteiger partial charge in [0, 0.05) is 30.9 Å². The Morgan fingerprint density at radius 3 is 2.96 bits per heavy atom. The molecule has 1 saturated heterocycles. The van der Waals surface area contributed by atoms with Crippen molar-refractivity contribution in [2.75, 3.05) is 25.1 Å². The SMILES string of the molecule is Cl.O=C(CC1COCCN1)Nc1cccc(Cn2nc3ccccn3c2=O)c1. The molecule has 2 aromatic heterocycles. The smallest absolute Gasteiger partial charge is 0.350 e. The highest BCUT2D eigenvalue weighted by atomic mass is 35.5. The first-order valence-corrected chi connectivity index (χ1v) is 8.93. The van der Waals surface area contributed by atoms with Crippen LogP contribution >= 0.6 is 12.4 Å². The normalized spacial score (nSPS) is 16.5. The van der Waals surface area contributed by atoms with Crippen LogP contribution in [0.3, 0.4) is 0 Å². The molecule has 3 aromatic rings. The molecule has 28 heavy (non-hydrogen) atoms. The molecule has 3 heterocycles. The zero-order valence-electron chi connectivity index (χ0n) is 15.2. The molecule has 0 bridgehead atoms. The second-order valence-electron chi connectivity index (χ2n) is 6.55. The van der Waals surface area contributed by atoms with Crippen LogP contribution in [0, 0.1) is 0 Å². The number of carbonyl (C=O) groups is 1. The minimum absolute atomic E-state index is 0. The number of fused-ring (bicyclic) bond motifs is 1. The van der Waals surface area contributed by atoms with E-state index in [0.717, 1.165) is 12.1 Å². The van der Waals surface area contributed by atoms with Gasteiger partial charge in [0.05, 0.1) is 19.8 Å². The molecule has 0 aliphatic carbocycles. The number of rotatable bonds is 5. The van der Waals surface area contributed by atoms with Gasteiger partial charge in [-0.15, -0.1) is 17.5 Å². The standard InChI is InChI=1S/C19H21N5O3.ClH/c25-18(11-16-13-27-9-7-20-16)21-15-5-3-4-14(10-15)12-24-19(26)23-8-2-1-6-17(23)22-24;/h1-6,8,10,16,20H,7,9,11-13H2,(H,21,25);1H. The molecular formula is C19H22ClN5O3. The lowest BCUT2D eigenvalue weighted by Gasteiger charge is -2.23. The van der Waals surface area contributed by atoms with Crippen molar-refractivity contribution in [1.29, 1.82) is 0 Å². The van der Waals surface area contributed by atoms with Gasteiger partial charge in [0.2, 0.25) is 5.91 Å². The van der Waals surface area contributed by atoms with Gasteiger partial charge in [-0.05, 0) is 29.8 Å². The molecule has 2 N–H and O–H groups in total. The summed E-state index contributed by atoms with van der Waals surface area (Å²) in [6, 6.07) is 12.9. The number of benzene rings is 1. The summed E-state index contributed by atoms with van der Waals surface area (Å²) >= 11 is 0. The molecule has 4 rings (SSSR count). The topological polar surface area (TPSA) is 89.7 Å². The van der Waals surface area contributed by atoms with Gasteiger partial charge in [-0.3, -0.25) is 9.20 Å². The minimum Gasteiger partial charge on any atom is -0.378 e. The number of ether oxygens (including phenoxy) is 1. The Labute approximate surface area is 167 Å². The van der Waals surface area contributed by atoms with E-state index in [9.17, 15) is 9.59 Å². The number of aromatic nitrogens is 3. The molecule has 148 valence electrons. The fourth-order valence-electron chi connectivity index (χ4n) is 3.18. The number of amides is 1. The summed E-state index contributed by atoms with van der Waals surface area (Å²) in [6.07, 6.45) is 2.05. The maximum atomic E-state index is 12.4. The second kappa shape index (κ2) is 9.01. The van der Waals surface area contributed by atoms with Gasteiger partial charge in [0.25, 0.3) is 0 Å². The van der Waals surface area contributed by atoms with Crippen molar-refractivity contribution in [1.82, 2.24) is 19.5 Å². The molecule has 1 amide bonds. The lowest BCUT2D eigenvalue weighted by molar-refractivity contribution is -0.117. The largest absolute Gasteiger partial charge is 0.378 e. The van der Waals surface area contributed by atoms with E-state index in [2.05, 4.69) is 15.7 Å². The molecule has 8 nitrogen and oxygen atoms in total. The van der Waals surface area contributed by atoms with E-state index < -0.39 is 0 Å². The first-order chi connectivity index (χ1) is 13.2. The fourth-order valence-corrected chi connectivity index (χ4v) is 3.18. The van der Waals surface area contributed by atoms with Crippen molar-refractivity contribution in [3.8, 4) is 0 Å². The van der Waals surface area contributed by atoms with Crippen molar-refractivity contribution in [2.24, 2.45) is 0 Å². The van der Waals surface area contributed by atoms with Crippen LogP contribution in [0.1, 0.15) is 12.0 Å².